The van der Waals surface area contributed by atoms with Gasteiger partial charge < -0.3 is 9.47 Å². The molecule has 0 bridgehead atoms. The molecule has 1 fully saturated rings. The van der Waals surface area contributed by atoms with Gasteiger partial charge in [0, 0.05) is 11.5 Å². The minimum absolute atomic E-state index is 0.0764. The summed E-state index contributed by atoms with van der Waals surface area (Å²) in [5, 5.41) is 0. The number of ether oxygens (including phenoxy) is 2. The Labute approximate surface area is 187 Å². The molecule has 1 saturated heterocycles. The van der Waals surface area contributed by atoms with Gasteiger partial charge in [-0.15, -0.1) is 0 Å². The molecule has 4 rings (SSSR count). The summed E-state index contributed by atoms with van der Waals surface area (Å²) in [5.74, 6) is -2.27. The molecule has 0 aliphatic carbocycles. The van der Waals surface area contributed by atoms with Crippen molar-refractivity contribution in [3.63, 3.8) is 0 Å². The fourth-order valence-corrected chi connectivity index (χ4v) is 4.39. The van der Waals surface area contributed by atoms with Crippen LogP contribution in [0, 0.1) is 17.5 Å². The van der Waals surface area contributed by atoms with Gasteiger partial charge in [-0.25, -0.2) is 8.78 Å². The van der Waals surface area contributed by atoms with Crippen molar-refractivity contribution in [3.05, 3.63) is 77.6 Å². The highest BCUT2D eigenvalue weighted by Crippen LogP contribution is 2.34. The average Bonchev–Trinajstić information content (AvgIpc) is 2.82. The van der Waals surface area contributed by atoms with Gasteiger partial charge in [-0.1, -0.05) is 49.7 Å². The van der Waals surface area contributed by atoms with E-state index in [2.05, 4.69) is 6.92 Å². The summed E-state index contributed by atoms with van der Waals surface area (Å²) in [4.78, 5) is 0. The molecule has 0 aromatic heterocycles. The third-order valence-electron chi connectivity index (χ3n) is 6.22. The van der Waals surface area contributed by atoms with Crippen LogP contribution in [0.15, 0.2) is 54.6 Å². The number of hydrogen-bond donors (Lipinski definition) is 0. The SMILES string of the molecule is CCCC1CCC(c2ccc(-c3ccc(-c4ccc(OC)c(F)c4F)cc3)cc2F)CO1. The molecule has 1 heterocycles. The minimum Gasteiger partial charge on any atom is -0.494 e. The highest BCUT2D eigenvalue weighted by molar-refractivity contribution is 5.71. The molecule has 2 atom stereocenters. The fraction of sp³-hybridized carbons (Fsp3) is 0.333. The lowest BCUT2D eigenvalue weighted by Gasteiger charge is -2.29. The summed E-state index contributed by atoms with van der Waals surface area (Å²) >= 11 is 0. The van der Waals surface area contributed by atoms with Crippen LogP contribution in [0.4, 0.5) is 13.2 Å². The Morgan fingerprint density at radius 3 is 2.22 bits per heavy atom. The zero-order valence-electron chi connectivity index (χ0n) is 18.3. The lowest BCUT2D eigenvalue weighted by molar-refractivity contribution is -0.00172. The number of methoxy groups -OCH3 is 1. The van der Waals surface area contributed by atoms with Gasteiger partial charge >= 0.3 is 0 Å². The van der Waals surface area contributed by atoms with E-state index in [-0.39, 0.29) is 23.0 Å². The van der Waals surface area contributed by atoms with Crippen molar-refractivity contribution in [2.45, 2.75) is 44.6 Å². The van der Waals surface area contributed by atoms with E-state index in [1.165, 1.54) is 25.3 Å². The molecule has 2 nitrogen and oxygen atoms in total. The third-order valence-corrected chi connectivity index (χ3v) is 6.22. The van der Waals surface area contributed by atoms with Crippen LogP contribution in [0.2, 0.25) is 0 Å². The molecule has 1 aliphatic heterocycles. The molecule has 3 aromatic carbocycles. The molecule has 168 valence electrons. The maximum Gasteiger partial charge on any atom is 0.201 e. The molecule has 3 aromatic rings. The van der Waals surface area contributed by atoms with Crippen molar-refractivity contribution >= 4 is 0 Å². The second-order valence-corrected chi connectivity index (χ2v) is 8.28. The Morgan fingerprint density at radius 1 is 0.875 bits per heavy atom. The Morgan fingerprint density at radius 2 is 1.59 bits per heavy atom. The second kappa shape index (κ2) is 9.78. The van der Waals surface area contributed by atoms with Crippen molar-refractivity contribution in [2.24, 2.45) is 0 Å². The first-order chi connectivity index (χ1) is 15.5. The molecule has 2 unspecified atom stereocenters. The van der Waals surface area contributed by atoms with Crippen molar-refractivity contribution in [1.82, 2.24) is 0 Å². The van der Waals surface area contributed by atoms with Crippen LogP contribution in [0.25, 0.3) is 22.3 Å². The van der Waals surface area contributed by atoms with Crippen molar-refractivity contribution in [3.8, 4) is 28.0 Å². The van der Waals surface area contributed by atoms with Crippen molar-refractivity contribution in [2.75, 3.05) is 13.7 Å². The molecular formula is C27H27F3O2. The van der Waals surface area contributed by atoms with Crippen molar-refractivity contribution in [1.29, 1.82) is 0 Å². The second-order valence-electron chi connectivity index (χ2n) is 8.28. The topological polar surface area (TPSA) is 18.5 Å². The van der Waals surface area contributed by atoms with Crippen LogP contribution < -0.4 is 4.74 Å². The summed E-state index contributed by atoms with van der Waals surface area (Å²) in [7, 11) is 1.29. The number of rotatable bonds is 6. The maximum atomic E-state index is 14.9. The lowest BCUT2D eigenvalue weighted by atomic mass is 9.89. The predicted octanol–water partition coefficient (Wildman–Crippen LogP) is 7.51. The molecule has 0 N–H and O–H groups in total. The van der Waals surface area contributed by atoms with Crippen LogP contribution in [0.1, 0.15) is 44.1 Å². The standard InChI is InChI=1S/C27H27F3O2/c1-3-4-21-11-9-20(16-32-21)22-12-10-19(15-24(22)28)17-5-7-18(8-6-17)23-13-14-25(31-2)27(30)26(23)29/h5-8,10,12-15,20-21H,3-4,9,11,16H2,1-2H3. The predicted molar refractivity (Wildman–Crippen MR) is 120 cm³/mol. The molecule has 1 aliphatic rings. The Balaban J connectivity index is 1.52. The van der Waals surface area contributed by atoms with Crippen LogP contribution in [0.5, 0.6) is 5.75 Å². The molecule has 0 radical (unpaired) electrons. The fourth-order valence-electron chi connectivity index (χ4n) is 4.39. The Hall–Kier alpha value is -2.79. The number of hydrogen-bond acceptors (Lipinski definition) is 2. The van der Waals surface area contributed by atoms with E-state index in [1.54, 1.807) is 24.3 Å². The first-order valence-electron chi connectivity index (χ1n) is 11.1. The zero-order chi connectivity index (χ0) is 22.7. The summed E-state index contributed by atoms with van der Waals surface area (Å²) in [6.45, 7) is 2.70. The molecule has 0 saturated carbocycles. The normalized spacial score (nSPS) is 18.5. The minimum atomic E-state index is -1.01. The number of halogens is 3. The molecule has 0 amide bonds. The summed E-state index contributed by atoms with van der Waals surface area (Å²) in [6, 6.07) is 15.1. The van der Waals surface area contributed by atoms with Gasteiger partial charge in [-0.2, -0.15) is 4.39 Å². The van der Waals surface area contributed by atoms with E-state index in [1.807, 2.05) is 12.1 Å². The monoisotopic (exact) mass is 440 g/mol. The maximum absolute atomic E-state index is 14.9. The molecule has 32 heavy (non-hydrogen) atoms. The third kappa shape index (κ3) is 4.53. The van der Waals surface area contributed by atoms with Crippen LogP contribution >= 0.6 is 0 Å². The highest BCUT2D eigenvalue weighted by Gasteiger charge is 2.24. The molecular weight excluding hydrogens is 413 g/mol. The quantitative estimate of drug-likeness (QED) is 0.395. The van der Waals surface area contributed by atoms with Gasteiger partial charge in [-0.05, 0) is 59.7 Å². The van der Waals surface area contributed by atoms with Gasteiger partial charge in [0.25, 0.3) is 0 Å². The summed E-state index contributed by atoms with van der Waals surface area (Å²) in [5.41, 5.74) is 2.91. The van der Waals surface area contributed by atoms with E-state index in [4.69, 9.17) is 9.47 Å². The molecule has 0 spiro atoms. The lowest BCUT2D eigenvalue weighted by Crippen LogP contribution is -2.25. The van der Waals surface area contributed by atoms with Gasteiger partial charge in [0.1, 0.15) is 5.82 Å². The van der Waals surface area contributed by atoms with Gasteiger partial charge in [0.15, 0.2) is 11.6 Å². The summed E-state index contributed by atoms with van der Waals surface area (Å²) < 4.78 is 54.1. The van der Waals surface area contributed by atoms with E-state index in [9.17, 15) is 13.2 Å². The van der Waals surface area contributed by atoms with Gasteiger partial charge in [-0.3, -0.25) is 0 Å². The Kier molecular flexibility index (Phi) is 6.85. The zero-order valence-corrected chi connectivity index (χ0v) is 18.3. The number of benzene rings is 3. The first kappa shape index (κ1) is 22.4. The highest BCUT2D eigenvalue weighted by atomic mass is 19.2. The molecule has 5 heteroatoms. The van der Waals surface area contributed by atoms with Gasteiger partial charge in [0.2, 0.25) is 5.82 Å². The van der Waals surface area contributed by atoms with Crippen LogP contribution in [0.3, 0.4) is 0 Å². The Bertz CT molecular complexity index is 1070. The van der Waals surface area contributed by atoms with E-state index in [0.717, 1.165) is 36.8 Å². The van der Waals surface area contributed by atoms with E-state index in [0.29, 0.717) is 23.8 Å². The van der Waals surface area contributed by atoms with Crippen LogP contribution in [-0.2, 0) is 4.74 Å². The largest absolute Gasteiger partial charge is 0.494 e. The van der Waals surface area contributed by atoms with Crippen molar-refractivity contribution < 1.29 is 22.6 Å². The first-order valence-corrected chi connectivity index (χ1v) is 11.1. The average molecular weight is 441 g/mol. The summed E-state index contributed by atoms with van der Waals surface area (Å²) in [6.07, 6.45) is 4.33. The smallest absolute Gasteiger partial charge is 0.201 e. The van der Waals surface area contributed by atoms with E-state index < -0.39 is 11.6 Å². The van der Waals surface area contributed by atoms with Gasteiger partial charge in [0.05, 0.1) is 19.8 Å². The van der Waals surface area contributed by atoms with Crippen LogP contribution in [-0.4, -0.2) is 19.8 Å². The van der Waals surface area contributed by atoms with E-state index >= 15 is 0 Å².